The van der Waals surface area contributed by atoms with Crippen molar-refractivity contribution in [1.29, 1.82) is 0 Å². The van der Waals surface area contributed by atoms with Crippen LogP contribution in [0.3, 0.4) is 0 Å². The van der Waals surface area contributed by atoms with Gasteiger partial charge in [0.15, 0.2) is 0 Å². The summed E-state index contributed by atoms with van der Waals surface area (Å²) in [6.45, 7) is 2.96. The first-order chi connectivity index (χ1) is 9.72. The Kier molecular flexibility index (Phi) is 3.52. The van der Waals surface area contributed by atoms with Gasteiger partial charge >= 0.3 is 0 Å². The number of hydrogen-bond acceptors (Lipinski definition) is 4. The van der Waals surface area contributed by atoms with Gasteiger partial charge in [-0.25, -0.2) is 0 Å². The van der Waals surface area contributed by atoms with Gasteiger partial charge in [0.2, 0.25) is 5.91 Å². The molecule has 104 valence electrons. The molecule has 2 heterocycles. The molecule has 2 N–H and O–H groups in total. The SMILES string of the molecule is Cc1cc(CNC(=O)[C@H]2Cc3ccccc3CN2)no1. The molecule has 3 rings (SSSR count). The molecule has 0 saturated carbocycles. The quantitative estimate of drug-likeness (QED) is 0.883. The number of rotatable bonds is 3. The average Bonchev–Trinajstić information content (AvgIpc) is 2.90. The van der Waals surface area contributed by atoms with Crippen molar-refractivity contribution in [2.24, 2.45) is 0 Å². The highest BCUT2D eigenvalue weighted by Crippen LogP contribution is 2.16. The minimum atomic E-state index is -0.183. The highest BCUT2D eigenvalue weighted by atomic mass is 16.5. The number of carbonyl (C=O) groups excluding carboxylic acids is 1. The fraction of sp³-hybridized carbons (Fsp3) is 0.333. The average molecular weight is 271 g/mol. The van der Waals surface area contributed by atoms with Crippen molar-refractivity contribution in [2.75, 3.05) is 0 Å². The minimum absolute atomic E-state index is 0.000145. The van der Waals surface area contributed by atoms with Crippen LogP contribution in [0, 0.1) is 6.92 Å². The summed E-state index contributed by atoms with van der Waals surface area (Å²) in [5.41, 5.74) is 3.25. The van der Waals surface area contributed by atoms with E-state index >= 15 is 0 Å². The topological polar surface area (TPSA) is 67.2 Å². The van der Waals surface area contributed by atoms with E-state index in [2.05, 4.69) is 27.9 Å². The second-order valence-corrected chi connectivity index (χ2v) is 5.05. The summed E-state index contributed by atoms with van der Waals surface area (Å²) in [5, 5.41) is 10.0. The Hall–Kier alpha value is -2.14. The Morgan fingerprint density at radius 1 is 1.45 bits per heavy atom. The van der Waals surface area contributed by atoms with E-state index in [0.717, 1.165) is 24.4 Å². The number of hydrogen-bond donors (Lipinski definition) is 2. The van der Waals surface area contributed by atoms with Crippen LogP contribution < -0.4 is 10.6 Å². The molecule has 2 aromatic rings. The number of amides is 1. The zero-order valence-electron chi connectivity index (χ0n) is 11.3. The maximum absolute atomic E-state index is 12.2. The van der Waals surface area contributed by atoms with Crippen molar-refractivity contribution in [3.05, 3.63) is 52.9 Å². The molecule has 0 radical (unpaired) electrons. The van der Waals surface area contributed by atoms with Gasteiger partial charge in [0, 0.05) is 12.6 Å². The summed E-state index contributed by atoms with van der Waals surface area (Å²) in [7, 11) is 0. The van der Waals surface area contributed by atoms with E-state index < -0.39 is 0 Å². The Bertz CT molecular complexity index is 621. The predicted octanol–water partition coefficient (Wildman–Crippen LogP) is 1.31. The van der Waals surface area contributed by atoms with Gasteiger partial charge in [0.25, 0.3) is 0 Å². The first-order valence-corrected chi connectivity index (χ1v) is 6.72. The summed E-state index contributed by atoms with van der Waals surface area (Å²) < 4.78 is 4.97. The van der Waals surface area contributed by atoms with Gasteiger partial charge in [-0.3, -0.25) is 4.79 Å². The molecule has 0 unspecified atom stereocenters. The lowest BCUT2D eigenvalue weighted by Gasteiger charge is -2.25. The maximum atomic E-state index is 12.2. The van der Waals surface area contributed by atoms with Crippen LogP contribution in [0.4, 0.5) is 0 Å². The van der Waals surface area contributed by atoms with Gasteiger partial charge in [0.05, 0.1) is 12.6 Å². The fourth-order valence-electron chi connectivity index (χ4n) is 2.44. The van der Waals surface area contributed by atoms with Crippen LogP contribution in [-0.4, -0.2) is 17.1 Å². The molecule has 1 aromatic heterocycles. The largest absolute Gasteiger partial charge is 0.361 e. The Labute approximate surface area is 117 Å². The number of fused-ring (bicyclic) bond motifs is 1. The van der Waals surface area contributed by atoms with Crippen molar-refractivity contribution in [1.82, 2.24) is 15.8 Å². The second kappa shape index (κ2) is 5.46. The molecule has 0 fully saturated rings. The van der Waals surface area contributed by atoms with E-state index in [1.807, 2.05) is 25.1 Å². The molecule has 1 aliphatic rings. The molecule has 0 bridgehead atoms. The Morgan fingerprint density at radius 3 is 3.00 bits per heavy atom. The first kappa shape index (κ1) is 12.9. The molecule has 1 atom stereocenters. The molecule has 0 aliphatic carbocycles. The Balaban J connectivity index is 1.59. The summed E-state index contributed by atoms with van der Waals surface area (Å²) in [4.78, 5) is 12.2. The molecule has 5 nitrogen and oxygen atoms in total. The van der Waals surface area contributed by atoms with Crippen molar-refractivity contribution >= 4 is 5.91 Å². The van der Waals surface area contributed by atoms with Gasteiger partial charge in [0.1, 0.15) is 11.5 Å². The number of carbonyl (C=O) groups is 1. The van der Waals surface area contributed by atoms with E-state index in [0.29, 0.717) is 6.54 Å². The molecule has 1 aliphatic heterocycles. The van der Waals surface area contributed by atoms with Crippen molar-refractivity contribution in [2.45, 2.75) is 32.5 Å². The van der Waals surface area contributed by atoms with E-state index in [4.69, 9.17) is 4.52 Å². The van der Waals surface area contributed by atoms with E-state index in [-0.39, 0.29) is 11.9 Å². The summed E-state index contributed by atoms with van der Waals surface area (Å²) in [6.07, 6.45) is 0.722. The van der Waals surface area contributed by atoms with Gasteiger partial charge in [-0.1, -0.05) is 29.4 Å². The third kappa shape index (κ3) is 2.72. The van der Waals surface area contributed by atoms with E-state index in [9.17, 15) is 4.79 Å². The normalized spacial score (nSPS) is 17.6. The zero-order chi connectivity index (χ0) is 13.9. The first-order valence-electron chi connectivity index (χ1n) is 6.72. The van der Waals surface area contributed by atoms with Crippen LogP contribution >= 0.6 is 0 Å². The lowest BCUT2D eigenvalue weighted by atomic mass is 9.95. The van der Waals surface area contributed by atoms with Crippen LogP contribution in [0.2, 0.25) is 0 Å². The highest BCUT2D eigenvalue weighted by Gasteiger charge is 2.23. The lowest BCUT2D eigenvalue weighted by molar-refractivity contribution is -0.123. The fourth-order valence-corrected chi connectivity index (χ4v) is 2.44. The monoisotopic (exact) mass is 271 g/mol. The molecule has 1 aromatic carbocycles. The van der Waals surface area contributed by atoms with Gasteiger partial charge in [-0.15, -0.1) is 0 Å². The van der Waals surface area contributed by atoms with Crippen molar-refractivity contribution < 1.29 is 9.32 Å². The molecule has 0 spiro atoms. The summed E-state index contributed by atoms with van der Waals surface area (Å²) >= 11 is 0. The number of benzene rings is 1. The van der Waals surface area contributed by atoms with Crippen LogP contribution in [0.15, 0.2) is 34.9 Å². The van der Waals surface area contributed by atoms with Crippen LogP contribution in [0.25, 0.3) is 0 Å². The Morgan fingerprint density at radius 2 is 2.25 bits per heavy atom. The van der Waals surface area contributed by atoms with Crippen molar-refractivity contribution in [3.63, 3.8) is 0 Å². The highest BCUT2D eigenvalue weighted by molar-refractivity contribution is 5.82. The number of aromatic nitrogens is 1. The molecular weight excluding hydrogens is 254 g/mol. The third-order valence-electron chi connectivity index (χ3n) is 3.52. The lowest BCUT2D eigenvalue weighted by Crippen LogP contribution is -2.47. The third-order valence-corrected chi connectivity index (χ3v) is 3.52. The van der Waals surface area contributed by atoms with E-state index in [1.54, 1.807) is 0 Å². The number of nitrogens with zero attached hydrogens (tertiary/aromatic N) is 1. The summed E-state index contributed by atoms with van der Waals surface area (Å²) in [5.74, 6) is 0.749. The molecule has 20 heavy (non-hydrogen) atoms. The molecular formula is C15H17N3O2. The van der Waals surface area contributed by atoms with Gasteiger partial charge < -0.3 is 15.2 Å². The molecule has 1 amide bonds. The molecule has 0 saturated heterocycles. The van der Waals surface area contributed by atoms with Crippen molar-refractivity contribution in [3.8, 4) is 0 Å². The predicted molar refractivity (Wildman–Crippen MR) is 73.9 cm³/mol. The minimum Gasteiger partial charge on any atom is -0.361 e. The number of nitrogens with one attached hydrogen (secondary N) is 2. The summed E-state index contributed by atoms with van der Waals surface area (Å²) in [6, 6.07) is 9.85. The van der Waals surface area contributed by atoms with Crippen LogP contribution in [-0.2, 0) is 24.3 Å². The number of aryl methyl sites for hydroxylation is 1. The maximum Gasteiger partial charge on any atom is 0.237 e. The van der Waals surface area contributed by atoms with Gasteiger partial charge in [-0.2, -0.15) is 0 Å². The van der Waals surface area contributed by atoms with Crippen LogP contribution in [0.5, 0.6) is 0 Å². The second-order valence-electron chi connectivity index (χ2n) is 5.05. The van der Waals surface area contributed by atoms with Crippen LogP contribution in [0.1, 0.15) is 22.6 Å². The molecule has 5 heteroatoms. The zero-order valence-corrected chi connectivity index (χ0v) is 11.3. The smallest absolute Gasteiger partial charge is 0.237 e. The van der Waals surface area contributed by atoms with E-state index in [1.165, 1.54) is 11.1 Å². The standard InChI is InChI=1S/C15H17N3O2/c1-10-6-13(18-20-10)9-17-15(19)14-7-11-4-2-3-5-12(11)8-16-14/h2-6,14,16H,7-9H2,1H3,(H,17,19)/t14-/m1/s1. The van der Waals surface area contributed by atoms with Gasteiger partial charge in [-0.05, 0) is 24.5 Å².